The molecule has 94 valence electrons. The van der Waals surface area contributed by atoms with Crippen LogP contribution in [0, 0.1) is 6.92 Å². The average molecular weight is 253 g/mol. The van der Waals surface area contributed by atoms with Gasteiger partial charge in [0.25, 0.3) is 0 Å². The molecule has 0 N–H and O–H groups in total. The van der Waals surface area contributed by atoms with E-state index in [1.54, 1.807) is 19.2 Å². The van der Waals surface area contributed by atoms with Gasteiger partial charge in [0.05, 0.1) is 4.90 Å². The van der Waals surface area contributed by atoms with Gasteiger partial charge < -0.3 is 0 Å². The van der Waals surface area contributed by atoms with E-state index >= 15 is 0 Å². The van der Waals surface area contributed by atoms with Gasteiger partial charge >= 0.3 is 0 Å². The van der Waals surface area contributed by atoms with E-state index in [9.17, 15) is 8.42 Å². The fraction of sp³-hybridized carbons (Fsp3) is 0.385. The van der Waals surface area contributed by atoms with Gasteiger partial charge in [-0.3, -0.25) is 0 Å². The largest absolute Gasteiger partial charge is 0.242 e. The van der Waals surface area contributed by atoms with Gasteiger partial charge in [0, 0.05) is 13.6 Å². The third-order valence-electron chi connectivity index (χ3n) is 2.58. The molecule has 0 saturated carbocycles. The van der Waals surface area contributed by atoms with Gasteiger partial charge in [0.15, 0.2) is 0 Å². The molecule has 0 amide bonds. The van der Waals surface area contributed by atoms with Crippen molar-refractivity contribution in [1.82, 2.24) is 4.31 Å². The summed E-state index contributed by atoms with van der Waals surface area (Å²) in [5.41, 5.74) is 1.06. The highest BCUT2D eigenvalue weighted by molar-refractivity contribution is 7.89. The molecule has 0 unspecified atom stereocenters. The van der Waals surface area contributed by atoms with Crippen LogP contribution in [0.2, 0.25) is 0 Å². The number of allylic oxidation sites excluding steroid dienone is 1. The number of benzene rings is 1. The lowest BCUT2D eigenvalue weighted by atomic mass is 10.2. The second-order valence-corrected chi connectivity index (χ2v) is 6.04. The van der Waals surface area contributed by atoms with Gasteiger partial charge in [0.2, 0.25) is 10.0 Å². The van der Waals surface area contributed by atoms with Crippen LogP contribution in [-0.4, -0.2) is 26.3 Å². The summed E-state index contributed by atoms with van der Waals surface area (Å²) in [6.45, 7) is 4.36. The van der Waals surface area contributed by atoms with E-state index in [-0.39, 0.29) is 0 Å². The van der Waals surface area contributed by atoms with Crippen LogP contribution in [0.1, 0.15) is 18.9 Å². The van der Waals surface area contributed by atoms with Crippen molar-refractivity contribution in [1.29, 1.82) is 0 Å². The molecule has 1 rings (SSSR count). The first-order valence-corrected chi connectivity index (χ1v) is 7.06. The summed E-state index contributed by atoms with van der Waals surface area (Å²) in [6.07, 6.45) is 4.62. The molecule has 0 aromatic heterocycles. The van der Waals surface area contributed by atoms with Crippen LogP contribution in [0.5, 0.6) is 0 Å². The summed E-state index contributed by atoms with van der Waals surface area (Å²) in [7, 11) is -1.73. The molecular formula is C13H19NO2S. The summed E-state index contributed by atoms with van der Waals surface area (Å²) in [5.74, 6) is 0. The zero-order valence-corrected chi connectivity index (χ0v) is 11.4. The molecule has 0 aliphatic heterocycles. The SMILES string of the molecule is C/C=C/CCN(C)S(=O)(=O)c1ccc(C)cc1. The Balaban J connectivity index is 2.83. The Hall–Kier alpha value is -1.13. The van der Waals surface area contributed by atoms with Crippen molar-refractivity contribution in [3.05, 3.63) is 42.0 Å². The fourth-order valence-corrected chi connectivity index (χ4v) is 2.62. The molecule has 0 atom stereocenters. The molecule has 0 saturated heterocycles. The first-order chi connectivity index (χ1) is 7.98. The molecule has 0 aliphatic rings. The molecule has 0 spiro atoms. The first-order valence-electron chi connectivity index (χ1n) is 5.62. The molecule has 3 nitrogen and oxygen atoms in total. The van der Waals surface area contributed by atoms with Gasteiger partial charge in [-0.15, -0.1) is 0 Å². The number of sulfonamides is 1. The van der Waals surface area contributed by atoms with Gasteiger partial charge in [0.1, 0.15) is 0 Å². The van der Waals surface area contributed by atoms with Crippen LogP contribution in [-0.2, 0) is 10.0 Å². The second-order valence-electron chi connectivity index (χ2n) is 4.00. The summed E-state index contributed by atoms with van der Waals surface area (Å²) < 4.78 is 25.7. The molecule has 1 aromatic carbocycles. The molecule has 0 aliphatic carbocycles. The standard InChI is InChI=1S/C13H19NO2S/c1-4-5-6-11-14(3)17(15,16)13-9-7-12(2)8-10-13/h4-5,7-10H,6,11H2,1-3H3/b5-4+. The summed E-state index contributed by atoms with van der Waals surface area (Å²) in [5, 5.41) is 0. The monoisotopic (exact) mass is 253 g/mol. The third kappa shape index (κ3) is 3.68. The lowest BCUT2D eigenvalue weighted by molar-refractivity contribution is 0.475. The summed E-state index contributed by atoms with van der Waals surface area (Å²) in [6, 6.07) is 6.92. The zero-order chi connectivity index (χ0) is 12.9. The number of hydrogen-bond donors (Lipinski definition) is 0. The Bertz CT molecular complexity index is 475. The van der Waals surface area contributed by atoms with Crippen molar-refractivity contribution in [2.45, 2.75) is 25.2 Å². The van der Waals surface area contributed by atoms with E-state index in [1.807, 2.05) is 38.1 Å². The fourth-order valence-electron chi connectivity index (χ4n) is 1.43. The lowest BCUT2D eigenvalue weighted by Crippen LogP contribution is -2.27. The molecule has 0 radical (unpaired) electrons. The number of nitrogens with zero attached hydrogens (tertiary/aromatic N) is 1. The number of aryl methyl sites for hydroxylation is 1. The Morgan fingerprint density at radius 2 is 1.82 bits per heavy atom. The Labute approximate surface area is 104 Å². The molecule has 17 heavy (non-hydrogen) atoms. The van der Waals surface area contributed by atoms with Gasteiger partial charge in [-0.1, -0.05) is 29.8 Å². The maximum absolute atomic E-state index is 12.1. The van der Waals surface area contributed by atoms with E-state index in [4.69, 9.17) is 0 Å². The topological polar surface area (TPSA) is 37.4 Å². The van der Waals surface area contributed by atoms with Crippen LogP contribution in [0.3, 0.4) is 0 Å². The third-order valence-corrected chi connectivity index (χ3v) is 4.45. The van der Waals surface area contributed by atoms with Crippen LogP contribution < -0.4 is 0 Å². The molecule has 0 bridgehead atoms. The van der Waals surface area contributed by atoms with E-state index in [2.05, 4.69) is 0 Å². The van der Waals surface area contributed by atoms with Crippen molar-refractivity contribution in [2.75, 3.05) is 13.6 Å². The highest BCUT2D eigenvalue weighted by Crippen LogP contribution is 2.15. The van der Waals surface area contributed by atoms with Crippen molar-refractivity contribution >= 4 is 10.0 Å². The highest BCUT2D eigenvalue weighted by Gasteiger charge is 2.19. The molecular weight excluding hydrogens is 234 g/mol. The molecule has 0 heterocycles. The second kappa shape index (κ2) is 5.98. The summed E-state index contributed by atoms with van der Waals surface area (Å²) >= 11 is 0. The van der Waals surface area contributed by atoms with Crippen molar-refractivity contribution in [2.24, 2.45) is 0 Å². The molecule has 4 heteroatoms. The molecule has 0 fully saturated rings. The Morgan fingerprint density at radius 3 is 2.35 bits per heavy atom. The van der Waals surface area contributed by atoms with Gasteiger partial charge in [-0.05, 0) is 32.4 Å². The maximum atomic E-state index is 12.1. The molecule has 1 aromatic rings. The van der Waals surface area contributed by atoms with Crippen LogP contribution in [0.25, 0.3) is 0 Å². The minimum absolute atomic E-state index is 0.353. The van der Waals surface area contributed by atoms with E-state index in [0.717, 1.165) is 12.0 Å². The van der Waals surface area contributed by atoms with Gasteiger partial charge in [-0.25, -0.2) is 12.7 Å². The predicted octanol–water partition coefficient (Wildman–Crippen LogP) is 2.58. The van der Waals surface area contributed by atoms with Crippen molar-refractivity contribution in [3.8, 4) is 0 Å². The zero-order valence-electron chi connectivity index (χ0n) is 10.6. The lowest BCUT2D eigenvalue weighted by Gasteiger charge is -2.16. The summed E-state index contributed by atoms with van der Waals surface area (Å²) in [4.78, 5) is 0.353. The first kappa shape index (κ1) is 13.9. The Kier molecular flexibility index (Phi) is 4.90. The van der Waals surface area contributed by atoms with Gasteiger partial charge in [-0.2, -0.15) is 0 Å². The minimum Gasteiger partial charge on any atom is -0.207 e. The minimum atomic E-state index is -3.34. The quantitative estimate of drug-likeness (QED) is 0.756. The number of rotatable bonds is 5. The maximum Gasteiger partial charge on any atom is 0.242 e. The smallest absolute Gasteiger partial charge is 0.207 e. The average Bonchev–Trinajstić information content (AvgIpc) is 2.29. The number of hydrogen-bond acceptors (Lipinski definition) is 2. The highest BCUT2D eigenvalue weighted by atomic mass is 32.2. The van der Waals surface area contributed by atoms with Crippen molar-refractivity contribution in [3.63, 3.8) is 0 Å². The van der Waals surface area contributed by atoms with E-state index < -0.39 is 10.0 Å². The van der Waals surface area contributed by atoms with E-state index in [1.165, 1.54) is 4.31 Å². The Morgan fingerprint density at radius 1 is 1.24 bits per heavy atom. The predicted molar refractivity (Wildman–Crippen MR) is 70.4 cm³/mol. The van der Waals surface area contributed by atoms with Crippen LogP contribution >= 0.6 is 0 Å². The normalized spacial score (nSPS) is 12.5. The van der Waals surface area contributed by atoms with Crippen LogP contribution in [0.4, 0.5) is 0 Å². The van der Waals surface area contributed by atoms with Crippen LogP contribution in [0.15, 0.2) is 41.3 Å². The van der Waals surface area contributed by atoms with E-state index in [0.29, 0.717) is 11.4 Å². The van der Waals surface area contributed by atoms with Crippen molar-refractivity contribution < 1.29 is 8.42 Å².